The molecule has 0 saturated heterocycles. The SMILES string of the molecule is CC(Cc1ccc(F)c(Br)c1)NC(=O)C1CCC(N)C1. The smallest absolute Gasteiger partial charge is 0.223 e. The molecule has 3 unspecified atom stereocenters. The van der Waals surface area contributed by atoms with Crippen LogP contribution in [0.2, 0.25) is 0 Å². The summed E-state index contributed by atoms with van der Waals surface area (Å²) in [7, 11) is 0. The molecular formula is C15H20BrFN2O. The first kappa shape index (κ1) is 15.4. The number of carbonyl (C=O) groups excluding carboxylic acids is 1. The molecule has 0 radical (unpaired) electrons. The number of carbonyl (C=O) groups is 1. The second kappa shape index (κ2) is 6.68. The Labute approximate surface area is 127 Å². The average Bonchev–Trinajstić information content (AvgIpc) is 2.80. The molecule has 1 fully saturated rings. The van der Waals surface area contributed by atoms with Crippen LogP contribution in [0.25, 0.3) is 0 Å². The minimum absolute atomic E-state index is 0.0247. The standard InChI is InChI=1S/C15H20BrFN2O/c1-9(6-10-2-5-14(17)13(16)7-10)19-15(20)11-3-4-12(18)8-11/h2,5,7,9,11-12H,3-4,6,8,18H2,1H3,(H,19,20). The minimum atomic E-state index is -0.273. The van der Waals surface area contributed by atoms with Crippen LogP contribution < -0.4 is 11.1 Å². The largest absolute Gasteiger partial charge is 0.353 e. The van der Waals surface area contributed by atoms with Crippen molar-refractivity contribution in [3.63, 3.8) is 0 Å². The van der Waals surface area contributed by atoms with Gasteiger partial charge in [-0.1, -0.05) is 6.07 Å². The zero-order valence-corrected chi connectivity index (χ0v) is 13.1. The van der Waals surface area contributed by atoms with Crippen LogP contribution in [0, 0.1) is 11.7 Å². The van der Waals surface area contributed by atoms with Crippen molar-refractivity contribution in [2.45, 2.75) is 44.7 Å². The Hall–Kier alpha value is -0.940. The van der Waals surface area contributed by atoms with Crippen molar-refractivity contribution in [1.29, 1.82) is 0 Å². The molecule has 0 bridgehead atoms. The second-order valence-corrected chi connectivity index (χ2v) is 6.49. The third kappa shape index (κ3) is 4.03. The van der Waals surface area contributed by atoms with Crippen LogP contribution in [0.1, 0.15) is 31.7 Å². The number of hydrogen-bond donors (Lipinski definition) is 2. The summed E-state index contributed by atoms with van der Waals surface area (Å²) in [5.74, 6) is -0.135. The van der Waals surface area contributed by atoms with Crippen LogP contribution in [0.3, 0.4) is 0 Å². The fourth-order valence-corrected chi connectivity index (χ4v) is 3.11. The van der Waals surface area contributed by atoms with E-state index in [4.69, 9.17) is 5.73 Å². The third-order valence-corrected chi connectivity index (χ3v) is 4.37. The van der Waals surface area contributed by atoms with Gasteiger partial charge in [-0.2, -0.15) is 0 Å². The highest BCUT2D eigenvalue weighted by Crippen LogP contribution is 2.24. The molecule has 3 N–H and O–H groups in total. The first-order chi connectivity index (χ1) is 9.45. The van der Waals surface area contributed by atoms with E-state index in [1.54, 1.807) is 12.1 Å². The molecule has 20 heavy (non-hydrogen) atoms. The Morgan fingerprint density at radius 3 is 2.90 bits per heavy atom. The van der Waals surface area contributed by atoms with E-state index in [2.05, 4.69) is 21.2 Å². The summed E-state index contributed by atoms with van der Waals surface area (Å²) < 4.78 is 13.6. The third-order valence-electron chi connectivity index (χ3n) is 3.76. The molecule has 5 heteroatoms. The number of halogens is 2. The average molecular weight is 343 g/mol. The molecule has 3 atom stereocenters. The number of nitrogens with two attached hydrogens (primary N) is 1. The first-order valence-corrected chi connectivity index (χ1v) is 7.75. The van der Waals surface area contributed by atoms with Crippen LogP contribution in [0.15, 0.2) is 22.7 Å². The summed E-state index contributed by atoms with van der Waals surface area (Å²) in [5.41, 5.74) is 6.82. The molecule has 1 aromatic rings. The van der Waals surface area contributed by atoms with Gasteiger partial charge in [0.25, 0.3) is 0 Å². The molecule has 1 aromatic carbocycles. The van der Waals surface area contributed by atoms with E-state index in [0.29, 0.717) is 10.9 Å². The number of hydrogen-bond acceptors (Lipinski definition) is 2. The summed E-state index contributed by atoms with van der Waals surface area (Å²) in [6.45, 7) is 1.96. The van der Waals surface area contributed by atoms with Crippen molar-refractivity contribution >= 4 is 21.8 Å². The van der Waals surface area contributed by atoms with Gasteiger partial charge in [-0.15, -0.1) is 0 Å². The van der Waals surface area contributed by atoms with Crippen molar-refractivity contribution in [3.05, 3.63) is 34.1 Å². The molecule has 0 heterocycles. The summed E-state index contributed by atoms with van der Waals surface area (Å²) >= 11 is 3.17. The maximum atomic E-state index is 13.2. The maximum absolute atomic E-state index is 13.2. The van der Waals surface area contributed by atoms with E-state index >= 15 is 0 Å². The highest BCUT2D eigenvalue weighted by molar-refractivity contribution is 9.10. The summed E-state index contributed by atoms with van der Waals surface area (Å²) in [6, 6.07) is 5.12. The number of rotatable bonds is 4. The quantitative estimate of drug-likeness (QED) is 0.883. The normalized spacial score (nSPS) is 23.6. The zero-order chi connectivity index (χ0) is 14.7. The molecule has 0 aromatic heterocycles. The van der Waals surface area contributed by atoms with Gasteiger partial charge >= 0.3 is 0 Å². The Morgan fingerprint density at radius 2 is 2.30 bits per heavy atom. The summed E-state index contributed by atoms with van der Waals surface area (Å²) in [6.07, 6.45) is 3.27. The maximum Gasteiger partial charge on any atom is 0.223 e. The summed E-state index contributed by atoms with van der Waals surface area (Å²) in [4.78, 5) is 12.1. The monoisotopic (exact) mass is 342 g/mol. The molecule has 1 aliphatic rings. The van der Waals surface area contributed by atoms with Gasteiger partial charge in [0.05, 0.1) is 4.47 Å². The van der Waals surface area contributed by atoms with E-state index in [1.165, 1.54) is 6.07 Å². The predicted molar refractivity (Wildman–Crippen MR) is 80.7 cm³/mol. The van der Waals surface area contributed by atoms with Crippen LogP contribution >= 0.6 is 15.9 Å². The van der Waals surface area contributed by atoms with Crippen molar-refractivity contribution in [1.82, 2.24) is 5.32 Å². The van der Waals surface area contributed by atoms with Crippen LogP contribution in [-0.2, 0) is 11.2 Å². The van der Waals surface area contributed by atoms with Gasteiger partial charge in [0.1, 0.15) is 5.82 Å². The fourth-order valence-electron chi connectivity index (χ4n) is 2.69. The highest BCUT2D eigenvalue weighted by atomic mass is 79.9. The van der Waals surface area contributed by atoms with Gasteiger partial charge in [0, 0.05) is 18.0 Å². The van der Waals surface area contributed by atoms with Gasteiger partial charge in [0.15, 0.2) is 0 Å². The second-order valence-electron chi connectivity index (χ2n) is 5.63. The first-order valence-electron chi connectivity index (χ1n) is 6.95. The minimum Gasteiger partial charge on any atom is -0.353 e. The van der Waals surface area contributed by atoms with Crippen molar-refractivity contribution in [3.8, 4) is 0 Å². The molecule has 0 aliphatic heterocycles. The van der Waals surface area contributed by atoms with Crippen molar-refractivity contribution in [2.24, 2.45) is 11.7 Å². The van der Waals surface area contributed by atoms with E-state index in [-0.39, 0.29) is 29.7 Å². The van der Waals surface area contributed by atoms with Crippen LogP contribution in [-0.4, -0.2) is 18.0 Å². The lowest BCUT2D eigenvalue weighted by Gasteiger charge is -2.17. The molecular weight excluding hydrogens is 323 g/mol. The molecule has 1 saturated carbocycles. The highest BCUT2D eigenvalue weighted by Gasteiger charge is 2.28. The van der Waals surface area contributed by atoms with E-state index < -0.39 is 0 Å². The molecule has 0 spiro atoms. The fraction of sp³-hybridized carbons (Fsp3) is 0.533. The van der Waals surface area contributed by atoms with E-state index in [9.17, 15) is 9.18 Å². The van der Waals surface area contributed by atoms with Gasteiger partial charge in [-0.05, 0) is 66.2 Å². The molecule has 1 amide bonds. The van der Waals surface area contributed by atoms with Gasteiger partial charge in [-0.25, -0.2) is 4.39 Å². The van der Waals surface area contributed by atoms with Crippen LogP contribution in [0.5, 0.6) is 0 Å². The lowest BCUT2D eigenvalue weighted by Crippen LogP contribution is -2.38. The Morgan fingerprint density at radius 1 is 1.55 bits per heavy atom. The Kier molecular flexibility index (Phi) is 5.16. The number of benzene rings is 1. The van der Waals surface area contributed by atoms with Crippen molar-refractivity contribution < 1.29 is 9.18 Å². The number of amides is 1. The predicted octanol–water partition coefficient (Wildman–Crippen LogP) is 2.76. The van der Waals surface area contributed by atoms with Gasteiger partial charge in [0.2, 0.25) is 5.91 Å². The molecule has 1 aliphatic carbocycles. The lowest BCUT2D eigenvalue weighted by molar-refractivity contribution is -0.125. The zero-order valence-electron chi connectivity index (χ0n) is 11.5. The molecule has 110 valence electrons. The Balaban J connectivity index is 1.87. The molecule has 3 nitrogen and oxygen atoms in total. The van der Waals surface area contributed by atoms with Gasteiger partial charge in [-0.3, -0.25) is 4.79 Å². The van der Waals surface area contributed by atoms with E-state index in [0.717, 1.165) is 24.8 Å². The molecule has 2 rings (SSSR count). The topological polar surface area (TPSA) is 55.1 Å². The van der Waals surface area contributed by atoms with Crippen LogP contribution in [0.4, 0.5) is 4.39 Å². The summed E-state index contributed by atoms with van der Waals surface area (Å²) in [5, 5.41) is 3.02. The van der Waals surface area contributed by atoms with Crippen molar-refractivity contribution in [2.75, 3.05) is 0 Å². The van der Waals surface area contributed by atoms with E-state index in [1.807, 2.05) is 6.92 Å². The Bertz CT molecular complexity index is 495. The number of nitrogens with one attached hydrogen (secondary N) is 1. The van der Waals surface area contributed by atoms with Gasteiger partial charge < -0.3 is 11.1 Å². The lowest BCUT2D eigenvalue weighted by atomic mass is 10.0.